The number of rotatable bonds is 0. The molecule has 0 radical (unpaired) electrons. The molecule has 0 saturated carbocycles. The van der Waals surface area contributed by atoms with Crippen molar-refractivity contribution in [1.29, 1.82) is 0 Å². The monoisotopic (exact) mass is 229 g/mol. The Morgan fingerprint density at radius 1 is 1.19 bits per heavy atom. The molecule has 2 amide bonds. The van der Waals surface area contributed by atoms with E-state index in [-0.39, 0.29) is 13.0 Å². The van der Waals surface area contributed by atoms with Crippen LogP contribution in [-0.2, 0) is 9.59 Å². The molecule has 0 aromatic heterocycles. The third-order valence-electron chi connectivity index (χ3n) is 2.45. The summed E-state index contributed by atoms with van der Waals surface area (Å²) in [6.07, 6.45) is 1.70. The Morgan fingerprint density at radius 2 is 1.81 bits per heavy atom. The predicted molar refractivity (Wildman–Crippen MR) is 53.9 cm³/mol. The number of carbonyl (C=O) groups excluding carboxylic acids is 2. The van der Waals surface area contributed by atoms with E-state index in [0.717, 1.165) is 12.8 Å². The van der Waals surface area contributed by atoms with Gasteiger partial charge in [-0.25, -0.2) is 15.6 Å². The Hall–Kier alpha value is -1.63. The van der Waals surface area contributed by atoms with Gasteiger partial charge in [-0.15, -0.1) is 0 Å². The fraction of sp³-hybridized carbons (Fsp3) is 0.667. The summed E-state index contributed by atoms with van der Waals surface area (Å²) < 4.78 is 0. The highest BCUT2D eigenvalue weighted by molar-refractivity contribution is 6.35. The number of nitrogens with zero attached hydrogens (tertiary/aromatic N) is 2. The molecule has 0 aromatic carbocycles. The topological polar surface area (TPSA) is 104 Å². The molecule has 1 heterocycles. The van der Waals surface area contributed by atoms with E-state index in [2.05, 4.69) is 0 Å². The SMILES string of the molecule is NN1C(=O)C(=O)CCCCCCN1C(=O)O. The molecule has 3 N–H and O–H groups in total. The van der Waals surface area contributed by atoms with Gasteiger partial charge in [0.2, 0.25) is 5.78 Å². The standard InChI is InChI=1S/C9H15N3O4/c10-12-8(14)7(13)5-3-1-2-4-6-11(12)9(15)16/h1-6,10H2,(H,15,16). The summed E-state index contributed by atoms with van der Waals surface area (Å²) >= 11 is 0. The molecule has 7 nitrogen and oxygen atoms in total. The van der Waals surface area contributed by atoms with Crippen molar-refractivity contribution < 1.29 is 19.5 Å². The summed E-state index contributed by atoms with van der Waals surface area (Å²) in [5, 5.41) is 9.90. The Bertz CT molecular complexity index is 305. The largest absolute Gasteiger partial charge is 0.464 e. The number of nitrogens with two attached hydrogens (primary N) is 1. The Balaban J connectivity index is 2.79. The maximum atomic E-state index is 11.4. The number of carboxylic acid groups (broad SMARTS) is 1. The van der Waals surface area contributed by atoms with Crippen molar-refractivity contribution in [1.82, 2.24) is 10.1 Å². The van der Waals surface area contributed by atoms with E-state index >= 15 is 0 Å². The molecule has 0 aliphatic carbocycles. The minimum absolute atomic E-state index is 0.125. The maximum absolute atomic E-state index is 11.4. The summed E-state index contributed by atoms with van der Waals surface area (Å²) in [5.41, 5.74) is 0. The molecule has 0 aromatic rings. The van der Waals surface area contributed by atoms with E-state index in [1.807, 2.05) is 0 Å². The number of Topliss-reactive ketones (excluding diaryl/α,β-unsaturated/α-hetero) is 1. The second-order valence-electron chi connectivity index (χ2n) is 3.64. The highest BCUT2D eigenvalue weighted by atomic mass is 16.4. The highest BCUT2D eigenvalue weighted by Crippen LogP contribution is 2.09. The van der Waals surface area contributed by atoms with E-state index in [1.165, 1.54) is 0 Å². The van der Waals surface area contributed by atoms with Gasteiger partial charge in [-0.05, 0) is 12.8 Å². The van der Waals surface area contributed by atoms with Gasteiger partial charge < -0.3 is 5.11 Å². The highest BCUT2D eigenvalue weighted by Gasteiger charge is 2.27. The molecular weight excluding hydrogens is 214 g/mol. The van der Waals surface area contributed by atoms with E-state index < -0.39 is 17.8 Å². The van der Waals surface area contributed by atoms with E-state index in [9.17, 15) is 14.4 Å². The van der Waals surface area contributed by atoms with E-state index in [4.69, 9.17) is 10.9 Å². The first-order valence-corrected chi connectivity index (χ1v) is 5.16. The number of hydrazine groups is 2. The molecule has 0 unspecified atom stereocenters. The van der Waals surface area contributed by atoms with E-state index in [1.54, 1.807) is 0 Å². The van der Waals surface area contributed by atoms with Crippen LogP contribution in [-0.4, -0.2) is 39.6 Å². The molecule has 0 atom stereocenters. The fourth-order valence-corrected chi connectivity index (χ4v) is 1.54. The molecule has 1 aliphatic rings. The van der Waals surface area contributed by atoms with Crippen molar-refractivity contribution in [3.05, 3.63) is 0 Å². The summed E-state index contributed by atoms with van der Waals surface area (Å²) in [4.78, 5) is 33.6. The Morgan fingerprint density at radius 3 is 2.44 bits per heavy atom. The molecule has 0 spiro atoms. The minimum atomic E-state index is -1.33. The van der Waals surface area contributed by atoms with Gasteiger partial charge in [0.25, 0.3) is 0 Å². The normalized spacial score (nSPS) is 19.8. The van der Waals surface area contributed by atoms with Crippen LogP contribution in [0.2, 0.25) is 0 Å². The van der Waals surface area contributed by atoms with Crippen LogP contribution >= 0.6 is 0 Å². The lowest BCUT2D eigenvalue weighted by Gasteiger charge is -2.28. The van der Waals surface area contributed by atoms with Crippen molar-refractivity contribution >= 4 is 17.8 Å². The zero-order valence-corrected chi connectivity index (χ0v) is 8.89. The van der Waals surface area contributed by atoms with Crippen molar-refractivity contribution in [2.24, 2.45) is 5.84 Å². The lowest BCUT2D eigenvalue weighted by molar-refractivity contribution is -0.155. The molecule has 16 heavy (non-hydrogen) atoms. The molecule has 1 saturated heterocycles. The summed E-state index contributed by atoms with van der Waals surface area (Å²) in [6, 6.07) is 0. The lowest BCUT2D eigenvalue weighted by Crippen LogP contribution is -2.56. The van der Waals surface area contributed by atoms with Crippen LogP contribution in [0.5, 0.6) is 0 Å². The molecule has 90 valence electrons. The van der Waals surface area contributed by atoms with Crippen molar-refractivity contribution in [3.63, 3.8) is 0 Å². The van der Waals surface area contributed by atoms with Crippen LogP contribution in [0.25, 0.3) is 0 Å². The number of amides is 2. The smallest absolute Gasteiger partial charge is 0.427 e. The van der Waals surface area contributed by atoms with Crippen LogP contribution in [0.3, 0.4) is 0 Å². The maximum Gasteiger partial charge on any atom is 0.427 e. The lowest BCUT2D eigenvalue weighted by atomic mass is 10.1. The Labute approximate surface area is 92.7 Å². The first-order chi connectivity index (χ1) is 7.54. The van der Waals surface area contributed by atoms with Gasteiger partial charge >= 0.3 is 12.0 Å². The summed E-state index contributed by atoms with van der Waals surface area (Å²) in [6.45, 7) is 0.130. The third-order valence-corrected chi connectivity index (χ3v) is 2.45. The average molecular weight is 229 g/mol. The molecule has 1 rings (SSSR count). The second-order valence-corrected chi connectivity index (χ2v) is 3.64. The Kier molecular flexibility index (Phi) is 4.24. The van der Waals surface area contributed by atoms with Crippen molar-refractivity contribution in [2.75, 3.05) is 6.54 Å². The molecule has 1 fully saturated rings. The minimum Gasteiger partial charge on any atom is -0.464 e. The van der Waals surface area contributed by atoms with Crippen LogP contribution in [0.1, 0.15) is 32.1 Å². The summed E-state index contributed by atoms with van der Waals surface area (Å²) in [5.74, 6) is 3.70. The number of carbonyl (C=O) groups is 3. The number of ketones is 1. The number of hydrogen-bond acceptors (Lipinski definition) is 4. The first-order valence-electron chi connectivity index (χ1n) is 5.16. The molecule has 1 aliphatic heterocycles. The van der Waals surface area contributed by atoms with Crippen LogP contribution in [0.4, 0.5) is 4.79 Å². The van der Waals surface area contributed by atoms with Crippen LogP contribution in [0, 0.1) is 0 Å². The van der Waals surface area contributed by atoms with Gasteiger partial charge in [0.15, 0.2) is 0 Å². The quantitative estimate of drug-likeness (QED) is 0.348. The second kappa shape index (κ2) is 5.45. The van der Waals surface area contributed by atoms with E-state index in [0.29, 0.717) is 23.0 Å². The first kappa shape index (κ1) is 12.4. The average Bonchev–Trinajstić information content (AvgIpc) is 2.24. The zero-order valence-electron chi connectivity index (χ0n) is 8.89. The molecule has 0 bridgehead atoms. The van der Waals surface area contributed by atoms with Gasteiger partial charge in [0, 0.05) is 13.0 Å². The number of hydrogen-bond donors (Lipinski definition) is 2. The van der Waals surface area contributed by atoms with Gasteiger partial charge in [-0.1, -0.05) is 12.8 Å². The fourth-order valence-electron chi connectivity index (χ4n) is 1.54. The van der Waals surface area contributed by atoms with Gasteiger partial charge in [0.05, 0.1) is 0 Å². The van der Waals surface area contributed by atoms with Crippen molar-refractivity contribution in [3.8, 4) is 0 Å². The van der Waals surface area contributed by atoms with Crippen LogP contribution < -0.4 is 5.84 Å². The predicted octanol–water partition coefficient (Wildman–Crippen LogP) is 0.117. The van der Waals surface area contributed by atoms with Gasteiger partial charge in [0.1, 0.15) is 0 Å². The van der Waals surface area contributed by atoms with Crippen molar-refractivity contribution in [2.45, 2.75) is 32.1 Å². The summed E-state index contributed by atoms with van der Waals surface area (Å²) in [7, 11) is 0. The molecular formula is C9H15N3O4. The van der Waals surface area contributed by atoms with Gasteiger partial charge in [-0.2, -0.15) is 5.12 Å². The third kappa shape index (κ3) is 2.93. The van der Waals surface area contributed by atoms with Gasteiger partial charge in [-0.3, -0.25) is 9.59 Å². The van der Waals surface area contributed by atoms with Crippen LogP contribution in [0.15, 0.2) is 0 Å². The zero-order chi connectivity index (χ0) is 12.1. The molecule has 7 heteroatoms.